The summed E-state index contributed by atoms with van der Waals surface area (Å²) in [6.07, 6.45) is 3.29. The van der Waals surface area contributed by atoms with Crippen LogP contribution in [0.5, 0.6) is 5.75 Å². The number of benzene rings is 2. The average Bonchev–Trinajstić information content (AvgIpc) is 2.89. The lowest BCUT2D eigenvalue weighted by molar-refractivity contribution is -0.124. The Balaban J connectivity index is 1.42. The van der Waals surface area contributed by atoms with Gasteiger partial charge >= 0.3 is 0 Å². The largest absolute Gasteiger partial charge is 0.486 e. The fourth-order valence-electron chi connectivity index (χ4n) is 3.42. The summed E-state index contributed by atoms with van der Waals surface area (Å²) in [5, 5.41) is 9.84. The number of amides is 2. The zero-order valence-corrected chi connectivity index (χ0v) is 20.8. The highest BCUT2D eigenvalue weighted by Crippen LogP contribution is 2.31. The van der Waals surface area contributed by atoms with Crippen LogP contribution in [0.25, 0.3) is 10.9 Å². The zero-order chi connectivity index (χ0) is 26.0. The molecule has 4 aromatic rings. The summed E-state index contributed by atoms with van der Waals surface area (Å²) >= 11 is 6.44. The fourth-order valence-corrected chi connectivity index (χ4v) is 3.66. The van der Waals surface area contributed by atoms with Crippen LogP contribution in [-0.4, -0.2) is 47.0 Å². The van der Waals surface area contributed by atoms with Crippen LogP contribution in [0.15, 0.2) is 67.1 Å². The maximum atomic E-state index is 12.3. The first-order chi connectivity index (χ1) is 18.0. The lowest BCUT2D eigenvalue weighted by Crippen LogP contribution is -2.30. The predicted octanol–water partition coefficient (Wildman–Crippen LogP) is 4.09. The minimum atomic E-state index is -0.276. The topological polar surface area (TPSA) is 127 Å². The maximum Gasteiger partial charge on any atom is 0.245 e. The number of nitrogens with one attached hydrogen (secondary N) is 3. The SMILES string of the molecule is COCC(=O)NCCC(=O)Nc1ccc2ncnc(Nc3ccc(OCc4ccccn4)c(Cl)c3)c2c1. The first-order valence-electron chi connectivity index (χ1n) is 11.4. The number of aromatic nitrogens is 3. The van der Waals surface area contributed by atoms with Crippen LogP contribution < -0.4 is 20.7 Å². The number of carbonyl (C=O) groups excluding carboxylic acids is 2. The minimum absolute atomic E-state index is 0.0474. The van der Waals surface area contributed by atoms with Crippen molar-refractivity contribution in [2.24, 2.45) is 0 Å². The van der Waals surface area contributed by atoms with E-state index in [2.05, 4.69) is 30.9 Å². The van der Waals surface area contributed by atoms with E-state index in [1.807, 2.05) is 24.3 Å². The summed E-state index contributed by atoms with van der Waals surface area (Å²) in [4.78, 5) is 36.6. The van der Waals surface area contributed by atoms with E-state index in [0.717, 1.165) is 5.69 Å². The number of carbonyl (C=O) groups is 2. The van der Waals surface area contributed by atoms with E-state index >= 15 is 0 Å². The molecule has 0 aliphatic rings. The van der Waals surface area contributed by atoms with Crippen LogP contribution in [0, 0.1) is 0 Å². The lowest BCUT2D eigenvalue weighted by atomic mass is 10.2. The van der Waals surface area contributed by atoms with Gasteiger partial charge in [0.2, 0.25) is 11.8 Å². The molecular formula is C26H25ClN6O4. The highest BCUT2D eigenvalue weighted by molar-refractivity contribution is 6.32. The number of halogens is 1. The highest BCUT2D eigenvalue weighted by atomic mass is 35.5. The summed E-state index contributed by atoms with van der Waals surface area (Å²) in [6, 6.07) is 16.3. The molecule has 0 spiro atoms. The molecule has 2 amide bonds. The number of fused-ring (bicyclic) bond motifs is 1. The number of ether oxygens (including phenoxy) is 2. The van der Waals surface area contributed by atoms with Gasteiger partial charge in [-0.15, -0.1) is 0 Å². The second-order valence-corrected chi connectivity index (χ2v) is 8.32. The number of hydrogen-bond donors (Lipinski definition) is 3. The third-order valence-corrected chi connectivity index (χ3v) is 5.46. The summed E-state index contributed by atoms with van der Waals surface area (Å²) in [7, 11) is 1.43. The number of nitrogens with zero attached hydrogens (tertiary/aromatic N) is 3. The Labute approximate surface area is 218 Å². The van der Waals surface area contributed by atoms with Gasteiger partial charge in [0.05, 0.1) is 16.2 Å². The van der Waals surface area contributed by atoms with Gasteiger partial charge in [-0.3, -0.25) is 14.6 Å². The molecule has 0 unspecified atom stereocenters. The number of rotatable bonds is 11. The second-order valence-electron chi connectivity index (χ2n) is 7.92. The van der Waals surface area contributed by atoms with Gasteiger partial charge in [-0.05, 0) is 48.5 Å². The monoisotopic (exact) mass is 520 g/mol. The van der Waals surface area contributed by atoms with Crippen LogP contribution in [0.2, 0.25) is 5.02 Å². The van der Waals surface area contributed by atoms with E-state index in [-0.39, 0.29) is 31.4 Å². The minimum Gasteiger partial charge on any atom is -0.486 e. The fraction of sp³-hybridized carbons (Fsp3) is 0.192. The van der Waals surface area contributed by atoms with Crippen molar-refractivity contribution in [2.45, 2.75) is 13.0 Å². The van der Waals surface area contributed by atoms with E-state index in [0.29, 0.717) is 45.5 Å². The van der Waals surface area contributed by atoms with E-state index < -0.39 is 0 Å². The molecule has 11 heteroatoms. The van der Waals surface area contributed by atoms with Crippen LogP contribution in [0.3, 0.4) is 0 Å². The number of pyridine rings is 1. The van der Waals surface area contributed by atoms with E-state index in [1.54, 1.807) is 36.5 Å². The van der Waals surface area contributed by atoms with Crippen molar-refractivity contribution < 1.29 is 19.1 Å². The third kappa shape index (κ3) is 7.35. The molecule has 190 valence electrons. The van der Waals surface area contributed by atoms with E-state index in [9.17, 15) is 9.59 Å². The molecule has 2 heterocycles. The Morgan fingerprint density at radius 1 is 0.973 bits per heavy atom. The molecule has 37 heavy (non-hydrogen) atoms. The summed E-state index contributed by atoms with van der Waals surface area (Å²) < 4.78 is 10.5. The van der Waals surface area contributed by atoms with Gasteiger partial charge in [-0.2, -0.15) is 0 Å². The molecule has 10 nitrogen and oxygen atoms in total. The molecule has 3 N–H and O–H groups in total. The molecule has 0 aliphatic carbocycles. The Morgan fingerprint density at radius 2 is 1.84 bits per heavy atom. The molecular weight excluding hydrogens is 496 g/mol. The second kappa shape index (κ2) is 12.6. The number of methoxy groups -OCH3 is 1. The van der Waals surface area contributed by atoms with Crippen molar-refractivity contribution in [3.8, 4) is 5.75 Å². The summed E-state index contributed by atoms with van der Waals surface area (Å²) in [5.74, 6) is 0.568. The van der Waals surface area contributed by atoms with Crippen LogP contribution in [-0.2, 0) is 20.9 Å². The van der Waals surface area contributed by atoms with Crippen molar-refractivity contribution in [3.63, 3.8) is 0 Å². The standard InChI is InChI=1S/C26H25ClN6O4/c1-36-15-25(35)29-11-9-24(34)32-17-5-7-22-20(12-17)26(31-16-30-22)33-18-6-8-23(21(27)13-18)37-14-19-4-2-3-10-28-19/h2-8,10,12-13,16H,9,11,14-15H2,1H3,(H,29,35)(H,32,34)(H,30,31,33). The van der Waals surface area contributed by atoms with Crippen LogP contribution in [0.4, 0.5) is 17.2 Å². The number of anilines is 3. The molecule has 0 atom stereocenters. The van der Waals surface area contributed by atoms with Gasteiger partial charge in [0.1, 0.15) is 31.1 Å². The van der Waals surface area contributed by atoms with Crippen LogP contribution >= 0.6 is 11.6 Å². The third-order valence-electron chi connectivity index (χ3n) is 5.17. The van der Waals surface area contributed by atoms with Crippen molar-refractivity contribution in [1.29, 1.82) is 0 Å². The van der Waals surface area contributed by atoms with E-state index in [4.69, 9.17) is 21.1 Å². The molecule has 4 rings (SSSR count). The highest BCUT2D eigenvalue weighted by Gasteiger charge is 2.10. The molecule has 0 saturated heterocycles. The van der Waals surface area contributed by atoms with Crippen molar-refractivity contribution in [1.82, 2.24) is 20.3 Å². The van der Waals surface area contributed by atoms with Crippen LogP contribution in [0.1, 0.15) is 12.1 Å². The Kier molecular flexibility index (Phi) is 8.79. The van der Waals surface area contributed by atoms with Gasteiger partial charge in [0, 0.05) is 43.0 Å². The van der Waals surface area contributed by atoms with Gasteiger partial charge in [-0.25, -0.2) is 9.97 Å². The smallest absolute Gasteiger partial charge is 0.245 e. The normalized spacial score (nSPS) is 10.6. The number of hydrogen-bond acceptors (Lipinski definition) is 8. The molecule has 0 fully saturated rings. The zero-order valence-electron chi connectivity index (χ0n) is 20.0. The molecule has 2 aromatic heterocycles. The predicted molar refractivity (Wildman–Crippen MR) is 141 cm³/mol. The van der Waals surface area contributed by atoms with Crippen molar-refractivity contribution in [3.05, 3.63) is 77.8 Å². The maximum absolute atomic E-state index is 12.3. The molecule has 2 aromatic carbocycles. The summed E-state index contributed by atoms with van der Waals surface area (Å²) in [5.41, 5.74) is 2.78. The van der Waals surface area contributed by atoms with E-state index in [1.165, 1.54) is 13.4 Å². The molecule has 0 saturated carbocycles. The Morgan fingerprint density at radius 3 is 2.62 bits per heavy atom. The quantitative estimate of drug-likeness (QED) is 0.270. The molecule has 0 radical (unpaired) electrons. The van der Waals surface area contributed by atoms with Gasteiger partial charge in [0.15, 0.2) is 0 Å². The lowest BCUT2D eigenvalue weighted by Gasteiger charge is -2.12. The molecule has 0 bridgehead atoms. The average molecular weight is 521 g/mol. The first-order valence-corrected chi connectivity index (χ1v) is 11.8. The van der Waals surface area contributed by atoms with Gasteiger partial charge in [0.25, 0.3) is 0 Å². The van der Waals surface area contributed by atoms with Crippen molar-refractivity contribution in [2.75, 3.05) is 30.9 Å². The first kappa shape index (κ1) is 25.8. The van der Waals surface area contributed by atoms with Crippen molar-refractivity contribution >= 4 is 51.5 Å². The molecule has 0 aliphatic heterocycles. The van der Waals surface area contributed by atoms with Gasteiger partial charge < -0.3 is 25.4 Å². The summed E-state index contributed by atoms with van der Waals surface area (Å²) in [6.45, 7) is 0.464. The Bertz CT molecular complexity index is 1390. The Hall–Kier alpha value is -4.28. The van der Waals surface area contributed by atoms with Gasteiger partial charge in [-0.1, -0.05) is 17.7 Å².